The number of amides is 4. The van der Waals surface area contributed by atoms with Crippen molar-refractivity contribution in [3.63, 3.8) is 0 Å². The second-order valence-corrected chi connectivity index (χ2v) is 10.4. The SMILES string of the molecule is CC(C)[C@H](NC(=O)[C@H](C)NC(=O)[C@@H](N)Cc1ccc(O)cc1)C(=O)N[C@@H](C)C(=O)N[C@@H](Cc1ccc(O)cc1)C(=O)O. The van der Waals surface area contributed by atoms with E-state index in [1.807, 2.05) is 0 Å². The Hall–Kier alpha value is -4.65. The van der Waals surface area contributed by atoms with Crippen molar-refractivity contribution in [1.29, 1.82) is 0 Å². The van der Waals surface area contributed by atoms with Gasteiger partial charge in [0.05, 0.1) is 6.04 Å². The quantitative estimate of drug-likeness (QED) is 0.148. The zero-order chi connectivity index (χ0) is 31.6. The molecule has 5 atom stereocenters. The molecule has 9 N–H and O–H groups in total. The number of hydrogen-bond donors (Lipinski definition) is 8. The summed E-state index contributed by atoms with van der Waals surface area (Å²) in [5, 5.41) is 38.3. The van der Waals surface area contributed by atoms with Crippen LogP contribution in [0, 0.1) is 5.92 Å². The molecule has 0 aliphatic heterocycles. The topological polar surface area (TPSA) is 220 Å². The summed E-state index contributed by atoms with van der Waals surface area (Å²) in [7, 11) is 0. The highest BCUT2D eigenvalue weighted by Crippen LogP contribution is 2.12. The number of nitrogens with two attached hydrogens (primary N) is 1. The third-order valence-corrected chi connectivity index (χ3v) is 6.47. The zero-order valence-corrected chi connectivity index (χ0v) is 24.0. The van der Waals surface area contributed by atoms with Crippen molar-refractivity contribution in [2.24, 2.45) is 11.7 Å². The average Bonchev–Trinajstić information content (AvgIpc) is 2.92. The van der Waals surface area contributed by atoms with Crippen LogP contribution in [0.25, 0.3) is 0 Å². The highest BCUT2D eigenvalue weighted by atomic mass is 16.4. The lowest BCUT2D eigenvalue weighted by atomic mass is 10.0. The van der Waals surface area contributed by atoms with E-state index in [1.54, 1.807) is 26.0 Å². The largest absolute Gasteiger partial charge is 0.508 e. The van der Waals surface area contributed by atoms with Gasteiger partial charge in [-0.05, 0) is 61.6 Å². The molecule has 13 nitrogen and oxygen atoms in total. The van der Waals surface area contributed by atoms with Crippen LogP contribution in [-0.2, 0) is 36.8 Å². The molecule has 2 aromatic carbocycles. The monoisotopic (exact) mass is 585 g/mol. The summed E-state index contributed by atoms with van der Waals surface area (Å²) in [5.41, 5.74) is 7.25. The van der Waals surface area contributed by atoms with Gasteiger partial charge < -0.3 is 42.3 Å². The van der Waals surface area contributed by atoms with E-state index in [0.717, 1.165) is 5.56 Å². The molecule has 0 saturated carbocycles. The van der Waals surface area contributed by atoms with Crippen molar-refractivity contribution < 1.29 is 39.3 Å². The van der Waals surface area contributed by atoms with E-state index in [1.165, 1.54) is 50.2 Å². The van der Waals surface area contributed by atoms with Crippen molar-refractivity contribution in [3.05, 3.63) is 59.7 Å². The third kappa shape index (κ3) is 10.4. The number of carboxylic acid groups (broad SMARTS) is 1. The van der Waals surface area contributed by atoms with Gasteiger partial charge in [0.1, 0.15) is 35.7 Å². The van der Waals surface area contributed by atoms with Crippen molar-refractivity contribution in [3.8, 4) is 11.5 Å². The average molecular weight is 586 g/mol. The van der Waals surface area contributed by atoms with E-state index in [-0.39, 0.29) is 24.3 Å². The first-order valence-corrected chi connectivity index (χ1v) is 13.4. The summed E-state index contributed by atoms with van der Waals surface area (Å²) in [6.07, 6.45) is 0.129. The number of carbonyl (C=O) groups is 5. The second-order valence-electron chi connectivity index (χ2n) is 10.4. The summed E-state index contributed by atoms with van der Waals surface area (Å²) in [4.78, 5) is 62.7. The molecule has 4 amide bonds. The predicted octanol–water partition coefficient (Wildman–Crippen LogP) is -0.0701. The van der Waals surface area contributed by atoms with E-state index in [0.29, 0.717) is 5.56 Å². The summed E-state index contributed by atoms with van der Waals surface area (Å²) in [5.74, 6) is -4.22. The number of carboxylic acids is 1. The van der Waals surface area contributed by atoms with Crippen molar-refractivity contribution in [1.82, 2.24) is 21.3 Å². The smallest absolute Gasteiger partial charge is 0.326 e. The van der Waals surface area contributed by atoms with Gasteiger partial charge in [0.2, 0.25) is 23.6 Å². The van der Waals surface area contributed by atoms with Crippen LogP contribution >= 0.6 is 0 Å². The maximum absolute atomic E-state index is 13.0. The van der Waals surface area contributed by atoms with Crippen molar-refractivity contribution in [2.75, 3.05) is 0 Å². The summed E-state index contributed by atoms with van der Waals surface area (Å²) >= 11 is 0. The Morgan fingerprint density at radius 2 is 1.07 bits per heavy atom. The highest BCUT2D eigenvalue weighted by Gasteiger charge is 2.30. The highest BCUT2D eigenvalue weighted by molar-refractivity contribution is 5.95. The second kappa shape index (κ2) is 15.4. The molecule has 0 aromatic heterocycles. The first-order chi connectivity index (χ1) is 19.7. The lowest BCUT2D eigenvalue weighted by Gasteiger charge is -2.26. The number of carbonyl (C=O) groups excluding carboxylic acids is 4. The fourth-order valence-corrected chi connectivity index (χ4v) is 3.91. The number of benzene rings is 2. The fourth-order valence-electron chi connectivity index (χ4n) is 3.91. The minimum Gasteiger partial charge on any atom is -0.508 e. The van der Waals surface area contributed by atoms with E-state index >= 15 is 0 Å². The van der Waals surface area contributed by atoms with Gasteiger partial charge in [0, 0.05) is 6.42 Å². The normalized spacial score (nSPS) is 14.5. The van der Waals surface area contributed by atoms with Crippen LogP contribution in [0.15, 0.2) is 48.5 Å². The van der Waals surface area contributed by atoms with Crippen LogP contribution in [0.2, 0.25) is 0 Å². The molecule has 0 heterocycles. The molecule has 0 aliphatic rings. The summed E-state index contributed by atoms with van der Waals surface area (Å²) in [6, 6.07) is 6.59. The number of aliphatic carboxylic acids is 1. The van der Waals surface area contributed by atoms with Crippen LogP contribution in [0.3, 0.4) is 0 Å². The molecule has 42 heavy (non-hydrogen) atoms. The lowest BCUT2D eigenvalue weighted by Crippen LogP contribution is -2.58. The standard InChI is InChI=1S/C29H39N5O8/c1-15(2)24(34-26(38)17(4)31-27(39)22(30)13-18-5-9-20(35)10-6-18)28(40)32-16(3)25(37)33-23(29(41)42)14-19-7-11-21(36)12-8-19/h5-12,15-17,22-24,35-36H,13-14,30H2,1-4H3,(H,31,39)(H,32,40)(H,33,37)(H,34,38)(H,41,42)/t16-,17-,22-,23-,24-/m0/s1. The molecule has 2 rings (SSSR count). The number of phenolic OH excluding ortho intramolecular Hbond substituents is 2. The van der Waals surface area contributed by atoms with Gasteiger partial charge >= 0.3 is 5.97 Å². The van der Waals surface area contributed by atoms with Gasteiger partial charge in [-0.15, -0.1) is 0 Å². The Morgan fingerprint density at radius 3 is 1.52 bits per heavy atom. The molecule has 2 aromatic rings. The van der Waals surface area contributed by atoms with Crippen molar-refractivity contribution in [2.45, 2.75) is 70.7 Å². The Kier molecular flexibility index (Phi) is 12.3. The van der Waals surface area contributed by atoms with E-state index in [9.17, 15) is 39.3 Å². The van der Waals surface area contributed by atoms with Crippen LogP contribution < -0.4 is 27.0 Å². The molecule has 228 valence electrons. The summed E-state index contributed by atoms with van der Waals surface area (Å²) in [6.45, 7) is 6.19. The van der Waals surface area contributed by atoms with E-state index in [4.69, 9.17) is 5.73 Å². The fraction of sp³-hybridized carbons (Fsp3) is 0.414. The molecular formula is C29H39N5O8. The molecule has 0 bridgehead atoms. The van der Waals surface area contributed by atoms with Gasteiger partial charge in [-0.25, -0.2) is 4.79 Å². The number of nitrogens with one attached hydrogen (secondary N) is 4. The lowest BCUT2D eigenvalue weighted by molar-refractivity contribution is -0.142. The maximum Gasteiger partial charge on any atom is 0.326 e. The zero-order valence-electron chi connectivity index (χ0n) is 24.0. The van der Waals surface area contributed by atoms with Crippen LogP contribution in [0.4, 0.5) is 0 Å². The molecular weight excluding hydrogens is 546 g/mol. The van der Waals surface area contributed by atoms with Gasteiger partial charge in [-0.2, -0.15) is 0 Å². The molecule has 0 unspecified atom stereocenters. The number of rotatable bonds is 14. The molecule has 0 saturated heterocycles. The van der Waals surface area contributed by atoms with Crippen LogP contribution in [0.1, 0.15) is 38.8 Å². The molecule has 0 spiro atoms. The van der Waals surface area contributed by atoms with Crippen LogP contribution in [-0.4, -0.2) is 75.1 Å². The van der Waals surface area contributed by atoms with Crippen LogP contribution in [0.5, 0.6) is 11.5 Å². The Labute approximate surface area is 243 Å². The number of hydrogen-bond acceptors (Lipinski definition) is 8. The molecule has 13 heteroatoms. The van der Waals surface area contributed by atoms with Gasteiger partial charge in [0.25, 0.3) is 0 Å². The predicted molar refractivity (Wildman–Crippen MR) is 153 cm³/mol. The minimum atomic E-state index is -1.29. The first-order valence-electron chi connectivity index (χ1n) is 13.4. The van der Waals surface area contributed by atoms with E-state index in [2.05, 4.69) is 21.3 Å². The van der Waals surface area contributed by atoms with Gasteiger partial charge in [-0.1, -0.05) is 38.1 Å². The Morgan fingerprint density at radius 1 is 0.643 bits per heavy atom. The molecule has 0 aliphatic carbocycles. The third-order valence-electron chi connectivity index (χ3n) is 6.47. The van der Waals surface area contributed by atoms with E-state index < -0.39 is 65.7 Å². The van der Waals surface area contributed by atoms with Gasteiger partial charge in [0.15, 0.2) is 0 Å². The first kappa shape index (κ1) is 33.6. The van der Waals surface area contributed by atoms with Crippen molar-refractivity contribution >= 4 is 29.6 Å². The number of phenols is 2. The minimum absolute atomic E-state index is 0.0174. The number of aromatic hydroxyl groups is 2. The van der Waals surface area contributed by atoms with Gasteiger partial charge in [-0.3, -0.25) is 19.2 Å². The molecule has 0 radical (unpaired) electrons. The maximum atomic E-state index is 13.0. The summed E-state index contributed by atoms with van der Waals surface area (Å²) < 4.78 is 0. The Balaban J connectivity index is 1.93. The Bertz CT molecular complexity index is 1250. The molecule has 0 fully saturated rings.